The predicted molar refractivity (Wildman–Crippen MR) is 71.8 cm³/mol. The van der Waals surface area contributed by atoms with Gasteiger partial charge < -0.3 is 10.1 Å². The summed E-state index contributed by atoms with van der Waals surface area (Å²) in [5.74, 6) is -1.43. The number of nitrogens with one attached hydrogen (secondary N) is 1. The van der Waals surface area contributed by atoms with Gasteiger partial charge in [-0.3, -0.25) is 0 Å². The minimum absolute atomic E-state index is 0.222. The number of benzene rings is 1. The molecule has 0 aliphatic heterocycles. The van der Waals surface area contributed by atoms with Crippen LogP contribution < -0.4 is 5.32 Å². The number of ether oxygens (including phenoxy) is 1. The molecule has 0 heterocycles. The van der Waals surface area contributed by atoms with Crippen molar-refractivity contribution in [2.24, 2.45) is 0 Å². The number of hydrogen-bond donors (Lipinski definition) is 1. The molecule has 3 nitrogen and oxygen atoms in total. The minimum atomic E-state index is -0.715. The summed E-state index contributed by atoms with van der Waals surface area (Å²) in [4.78, 5) is 11.5. The molecule has 1 rings (SSSR count). The third-order valence-corrected chi connectivity index (χ3v) is 3.00. The lowest BCUT2D eigenvalue weighted by atomic mass is 10.1. The lowest BCUT2D eigenvalue weighted by Crippen LogP contribution is -2.34. The third-order valence-electron chi connectivity index (χ3n) is 2.24. The van der Waals surface area contributed by atoms with Gasteiger partial charge in [-0.25, -0.2) is 13.6 Å². The summed E-state index contributed by atoms with van der Waals surface area (Å²) < 4.78 is 31.6. The zero-order valence-corrected chi connectivity index (χ0v) is 12.8. The summed E-state index contributed by atoms with van der Waals surface area (Å²) in [5.41, 5.74) is -0.302. The van der Waals surface area contributed by atoms with Crippen molar-refractivity contribution in [1.29, 1.82) is 0 Å². The maximum Gasteiger partial charge on any atom is 0.408 e. The molecular weight excluding hydrogens is 320 g/mol. The molecule has 1 N–H and O–H groups in total. The molecule has 0 aliphatic carbocycles. The molecule has 0 unspecified atom stereocenters. The van der Waals surface area contributed by atoms with Crippen LogP contribution in [0.15, 0.2) is 16.6 Å². The molecule has 0 spiro atoms. The van der Waals surface area contributed by atoms with E-state index in [1.165, 1.54) is 0 Å². The molecule has 1 aromatic carbocycles. The van der Waals surface area contributed by atoms with Gasteiger partial charge in [0.1, 0.15) is 17.2 Å². The van der Waals surface area contributed by atoms with Crippen LogP contribution in [0.4, 0.5) is 13.6 Å². The Hall–Kier alpha value is -1.17. The van der Waals surface area contributed by atoms with Crippen LogP contribution in [0.1, 0.15) is 39.3 Å². The number of carbonyl (C=O) groups is 1. The quantitative estimate of drug-likeness (QED) is 0.817. The number of alkyl carbamates (subject to hydrolysis) is 1. The third kappa shape index (κ3) is 4.78. The van der Waals surface area contributed by atoms with Crippen molar-refractivity contribution in [3.05, 3.63) is 33.8 Å². The van der Waals surface area contributed by atoms with Gasteiger partial charge in [0.2, 0.25) is 0 Å². The second-order valence-corrected chi connectivity index (χ2v) is 5.96. The van der Waals surface area contributed by atoms with Crippen molar-refractivity contribution in [1.82, 2.24) is 5.32 Å². The van der Waals surface area contributed by atoms with E-state index in [2.05, 4.69) is 21.2 Å². The van der Waals surface area contributed by atoms with E-state index in [0.29, 0.717) is 5.56 Å². The molecule has 1 atom stereocenters. The molecule has 0 fully saturated rings. The van der Waals surface area contributed by atoms with Crippen LogP contribution in [0.5, 0.6) is 0 Å². The van der Waals surface area contributed by atoms with Crippen molar-refractivity contribution in [2.75, 3.05) is 0 Å². The average Bonchev–Trinajstić information content (AvgIpc) is 2.22. The van der Waals surface area contributed by atoms with Gasteiger partial charge >= 0.3 is 6.09 Å². The highest BCUT2D eigenvalue weighted by molar-refractivity contribution is 9.10. The molecule has 19 heavy (non-hydrogen) atoms. The molecule has 0 aromatic heterocycles. The Morgan fingerprint density at radius 2 is 1.79 bits per heavy atom. The molecule has 0 bridgehead atoms. The van der Waals surface area contributed by atoms with Gasteiger partial charge in [0.15, 0.2) is 0 Å². The molecule has 6 heteroatoms. The van der Waals surface area contributed by atoms with Crippen LogP contribution in [0, 0.1) is 11.6 Å². The number of carbonyl (C=O) groups excluding carboxylic acids is 1. The molecule has 0 saturated carbocycles. The van der Waals surface area contributed by atoms with E-state index >= 15 is 0 Å². The van der Waals surface area contributed by atoms with E-state index in [4.69, 9.17) is 4.74 Å². The molecule has 0 radical (unpaired) electrons. The molecule has 106 valence electrons. The summed E-state index contributed by atoms with van der Waals surface area (Å²) in [5, 5.41) is 2.52. The Bertz CT molecular complexity index is 463. The first-order valence-corrected chi connectivity index (χ1v) is 6.53. The van der Waals surface area contributed by atoms with Gasteiger partial charge in [-0.05, 0) is 61.3 Å². The Morgan fingerprint density at radius 1 is 1.32 bits per heavy atom. The van der Waals surface area contributed by atoms with Crippen molar-refractivity contribution < 1.29 is 18.3 Å². The smallest absolute Gasteiger partial charge is 0.408 e. The second kappa shape index (κ2) is 5.86. The van der Waals surface area contributed by atoms with E-state index in [1.54, 1.807) is 27.7 Å². The first-order valence-electron chi connectivity index (χ1n) is 5.74. The SMILES string of the molecule is C[C@H](NC(=O)OC(C)(C)C)c1cc(F)c(Br)c(F)c1. The van der Waals surface area contributed by atoms with Crippen molar-refractivity contribution in [3.63, 3.8) is 0 Å². The van der Waals surface area contributed by atoms with Crippen LogP contribution in [-0.2, 0) is 4.74 Å². The van der Waals surface area contributed by atoms with Crippen molar-refractivity contribution >= 4 is 22.0 Å². The first kappa shape index (κ1) is 15.9. The molecule has 1 aromatic rings. The highest BCUT2D eigenvalue weighted by Gasteiger charge is 2.19. The van der Waals surface area contributed by atoms with Crippen LogP contribution in [0.3, 0.4) is 0 Å². The standard InChI is InChI=1S/C13H16BrF2NO2/c1-7(17-12(18)19-13(2,3)4)8-5-9(15)11(14)10(16)6-8/h5-7H,1-4H3,(H,17,18)/t7-/m0/s1. The Kier molecular flexibility index (Phi) is 4.90. The maximum absolute atomic E-state index is 13.4. The van der Waals surface area contributed by atoms with Crippen molar-refractivity contribution in [3.8, 4) is 0 Å². The zero-order chi connectivity index (χ0) is 14.8. The van der Waals surface area contributed by atoms with Gasteiger partial charge in [0, 0.05) is 0 Å². The molecule has 0 aliphatic rings. The van der Waals surface area contributed by atoms with Gasteiger partial charge in [0.25, 0.3) is 0 Å². The zero-order valence-electron chi connectivity index (χ0n) is 11.2. The van der Waals surface area contributed by atoms with E-state index in [9.17, 15) is 13.6 Å². The largest absolute Gasteiger partial charge is 0.444 e. The number of hydrogen-bond acceptors (Lipinski definition) is 2. The van der Waals surface area contributed by atoms with Crippen LogP contribution in [0.2, 0.25) is 0 Å². The fourth-order valence-corrected chi connectivity index (χ4v) is 1.62. The van der Waals surface area contributed by atoms with E-state index in [0.717, 1.165) is 12.1 Å². The second-order valence-electron chi connectivity index (χ2n) is 5.17. The fourth-order valence-electron chi connectivity index (χ4n) is 1.39. The van der Waals surface area contributed by atoms with Crippen LogP contribution in [0.25, 0.3) is 0 Å². The normalized spacial score (nSPS) is 13.0. The van der Waals surface area contributed by atoms with Crippen LogP contribution >= 0.6 is 15.9 Å². The summed E-state index contributed by atoms with van der Waals surface area (Å²) in [6.07, 6.45) is -0.635. The van der Waals surface area contributed by atoms with Crippen molar-refractivity contribution in [2.45, 2.75) is 39.3 Å². The topological polar surface area (TPSA) is 38.3 Å². The van der Waals surface area contributed by atoms with Gasteiger partial charge in [-0.2, -0.15) is 0 Å². The van der Waals surface area contributed by atoms with E-state index < -0.39 is 29.4 Å². The summed E-state index contributed by atoms with van der Waals surface area (Å²) >= 11 is 2.79. The molecule has 1 amide bonds. The maximum atomic E-state index is 13.4. The lowest BCUT2D eigenvalue weighted by Gasteiger charge is -2.22. The lowest BCUT2D eigenvalue weighted by molar-refractivity contribution is 0.0507. The Labute approximate surface area is 119 Å². The predicted octanol–water partition coefficient (Wildman–Crippen LogP) is 4.31. The molecular formula is C13H16BrF2NO2. The molecule has 0 saturated heterocycles. The fraction of sp³-hybridized carbons (Fsp3) is 0.462. The monoisotopic (exact) mass is 335 g/mol. The van der Waals surface area contributed by atoms with E-state index in [1.807, 2.05) is 0 Å². The number of halogens is 3. The Balaban J connectivity index is 2.79. The first-order chi connectivity index (χ1) is 8.60. The highest BCUT2D eigenvalue weighted by atomic mass is 79.9. The number of amides is 1. The number of rotatable bonds is 2. The van der Waals surface area contributed by atoms with Gasteiger partial charge in [-0.1, -0.05) is 0 Å². The van der Waals surface area contributed by atoms with Gasteiger partial charge in [-0.15, -0.1) is 0 Å². The van der Waals surface area contributed by atoms with Crippen LogP contribution in [-0.4, -0.2) is 11.7 Å². The highest BCUT2D eigenvalue weighted by Crippen LogP contribution is 2.24. The Morgan fingerprint density at radius 3 is 2.21 bits per heavy atom. The minimum Gasteiger partial charge on any atom is -0.444 e. The summed E-state index contributed by atoms with van der Waals surface area (Å²) in [7, 11) is 0. The van der Waals surface area contributed by atoms with Gasteiger partial charge in [0.05, 0.1) is 10.5 Å². The summed E-state index contributed by atoms with van der Waals surface area (Å²) in [6, 6.07) is 1.76. The summed E-state index contributed by atoms with van der Waals surface area (Å²) in [6.45, 7) is 6.81. The average molecular weight is 336 g/mol. The van der Waals surface area contributed by atoms with E-state index in [-0.39, 0.29) is 4.47 Å².